The SMILES string of the molecule is Nc1cc(C(=O)O)c2nc(C3CC3)sc2c1. The van der Waals surface area contributed by atoms with Crippen LogP contribution >= 0.6 is 11.3 Å². The Kier molecular flexibility index (Phi) is 1.91. The van der Waals surface area contributed by atoms with Crippen molar-refractivity contribution in [3.05, 3.63) is 22.7 Å². The molecule has 1 heterocycles. The largest absolute Gasteiger partial charge is 0.478 e. The highest BCUT2D eigenvalue weighted by atomic mass is 32.1. The molecule has 82 valence electrons. The molecule has 0 bridgehead atoms. The van der Waals surface area contributed by atoms with Gasteiger partial charge in [0.05, 0.1) is 20.8 Å². The van der Waals surface area contributed by atoms with Crippen LogP contribution in [0, 0.1) is 0 Å². The lowest BCUT2D eigenvalue weighted by Crippen LogP contribution is -1.99. The first-order chi connectivity index (χ1) is 7.65. The van der Waals surface area contributed by atoms with Gasteiger partial charge in [0.25, 0.3) is 0 Å². The van der Waals surface area contributed by atoms with E-state index in [9.17, 15) is 4.79 Å². The van der Waals surface area contributed by atoms with Crippen LogP contribution in [0.5, 0.6) is 0 Å². The summed E-state index contributed by atoms with van der Waals surface area (Å²) in [5, 5.41) is 10.1. The standard InChI is InChI=1S/C11H10N2O2S/c12-6-3-7(11(14)15)9-8(4-6)16-10(13-9)5-1-2-5/h3-5H,1-2,12H2,(H,14,15). The number of thiazole rings is 1. The lowest BCUT2D eigenvalue weighted by Gasteiger charge is -1.97. The number of nitrogens with zero attached hydrogens (tertiary/aromatic N) is 1. The summed E-state index contributed by atoms with van der Waals surface area (Å²) in [5.74, 6) is -0.426. The topological polar surface area (TPSA) is 76.2 Å². The van der Waals surface area contributed by atoms with Gasteiger partial charge in [-0.15, -0.1) is 11.3 Å². The number of benzene rings is 1. The van der Waals surface area contributed by atoms with Crippen molar-refractivity contribution in [3.8, 4) is 0 Å². The van der Waals surface area contributed by atoms with Gasteiger partial charge in [0.15, 0.2) is 0 Å². The summed E-state index contributed by atoms with van der Waals surface area (Å²) in [6.45, 7) is 0. The minimum atomic E-state index is -0.968. The molecule has 0 spiro atoms. The van der Waals surface area contributed by atoms with Gasteiger partial charge in [0.1, 0.15) is 0 Å². The van der Waals surface area contributed by atoms with Crippen molar-refractivity contribution in [2.45, 2.75) is 18.8 Å². The van der Waals surface area contributed by atoms with Crippen LogP contribution < -0.4 is 5.73 Å². The number of nitrogens with two attached hydrogens (primary N) is 1. The number of aromatic nitrogens is 1. The molecule has 3 rings (SSSR count). The summed E-state index contributed by atoms with van der Waals surface area (Å²) >= 11 is 1.56. The van der Waals surface area contributed by atoms with Crippen LogP contribution in [0.25, 0.3) is 10.2 Å². The summed E-state index contributed by atoms with van der Waals surface area (Å²) in [7, 11) is 0. The number of nitrogen functional groups attached to an aromatic ring is 1. The van der Waals surface area contributed by atoms with Gasteiger partial charge < -0.3 is 10.8 Å². The highest BCUT2D eigenvalue weighted by Crippen LogP contribution is 2.43. The Labute approximate surface area is 95.7 Å². The van der Waals surface area contributed by atoms with Crippen molar-refractivity contribution in [1.29, 1.82) is 0 Å². The van der Waals surface area contributed by atoms with Crippen molar-refractivity contribution in [3.63, 3.8) is 0 Å². The molecule has 0 radical (unpaired) electrons. The van der Waals surface area contributed by atoms with Gasteiger partial charge in [-0.1, -0.05) is 0 Å². The van der Waals surface area contributed by atoms with E-state index in [4.69, 9.17) is 10.8 Å². The van der Waals surface area contributed by atoms with Crippen LogP contribution in [0.15, 0.2) is 12.1 Å². The highest BCUT2D eigenvalue weighted by molar-refractivity contribution is 7.18. The van der Waals surface area contributed by atoms with E-state index in [-0.39, 0.29) is 5.56 Å². The van der Waals surface area contributed by atoms with Crippen LogP contribution in [-0.4, -0.2) is 16.1 Å². The number of aromatic carboxylic acids is 1. The molecule has 1 saturated carbocycles. The highest BCUT2D eigenvalue weighted by Gasteiger charge is 2.28. The predicted octanol–water partition coefficient (Wildman–Crippen LogP) is 2.45. The average Bonchev–Trinajstić information content (AvgIpc) is 2.98. The number of hydrogen-bond donors (Lipinski definition) is 2. The molecule has 3 N–H and O–H groups in total. The van der Waals surface area contributed by atoms with Crippen molar-refractivity contribution >= 4 is 33.2 Å². The molecule has 0 saturated heterocycles. The Morgan fingerprint density at radius 2 is 2.25 bits per heavy atom. The van der Waals surface area contributed by atoms with Crippen molar-refractivity contribution in [1.82, 2.24) is 4.98 Å². The van der Waals surface area contributed by atoms with E-state index in [1.54, 1.807) is 17.4 Å². The maximum absolute atomic E-state index is 11.1. The van der Waals surface area contributed by atoms with Crippen LogP contribution in [0.2, 0.25) is 0 Å². The second kappa shape index (κ2) is 3.18. The van der Waals surface area contributed by atoms with Gasteiger partial charge in [-0.25, -0.2) is 9.78 Å². The molecular weight excluding hydrogens is 224 g/mol. The number of rotatable bonds is 2. The molecule has 1 aliphatic rings. The minimum Gasteiger partial charge on any atom is -0.478 e. The van der Waals surface area contributed by atoms with Crippen LogP contribution in [0.3, 0.4) is 0 Å². The van der Waals surface area contributed by atoms with Gasteiger partial charge >= 0.3 is 5.97 Å². The normalized spacial score (nSPS) is 15.5. The summed E-state index contributed by atoms with van der Waals surface area (Å²) in [6.07, 6.45) is 2.33. The zero-order chi connectivity index (χ0) is 11.3. The molecule has 1 aromatic heterocycles. The third-order valence-corrected chi connectivity index (χ3v) is 3.86. The lowest BCUT2D eigenvalue weighted by molar-refractivity contribution is 0.0699. The van der Waals surface area contributed by atoms with Crippen LogP contribution in [-0.2, 0) is 0 Å². The lowest BCUT2D eigenvalue weighted by atomic mass is 10.2. The molecule has 0 atom stereocenters. The van der Waals surface area contributed by atoms with E-state index < -0.39 is 5.97 Å². The fourth-order valence-corrected chi connectivity index (χ4v) is 2.95. The van der Waals surface area contributed by atoms with Crippen molar-refractivity contribution < 1.29 is 9.90 Å². The molecular formula is C11H10N2O2S. The Morgan fingerprint density at radius 1 is 1.50 bits per heavy atom. The number of fused-ring (bicyclic) bond motifs is 1. The Balaban J connectivity index is 2.27. The molecule has 0 amide bonds. The van der Waals surface area contributed by atoms with Crippen LogP contribution in [0.4, 0.5) is 5.69 Å². The molecule has 0 aliphatic heterocycles. The second-order valence-corrected chi connectivity index (χ2v) is 5.11. The monoisotopic (exact) mass is 234 g/mol. The third-order valence-electron chi connectivity index (χ3n) is 2.69. The summed E-state index contributed by atoms with van der Waals surface area (Å²) in [6, 6.07) is 3.27. The quantitative estimate of drug-likeness (QED) is 0.782. The Bertz CT molecular complexity index is 587. The first-order valence-electron chi connectivity index (χ1n) is 5.08. The average molecular weight is 234 g/mol. The Morgan fingerprint density at radius 3 is 2.88 bits per heavy atom. The summed E-state index contributed by atoms with van der Waals surface area (Å²) in [4.78, 5) is 15.5. The van der Waals surface area contributed by atoms with Gasteiger partial charge in [0.2, 0.25) is 0 Å². The zero-order valence-corrected chi connectivity index (χ0v) is 9.25. The first-order valence-corrected chi connectivity index (χ1v) is 5.90. The molecule has 4 nitrogen and oxygen atoms in total. The molecule has 2 aromatic rings. The molecule has 1 aromatic carbocycles. The van der Waals surface area contributed by atoms with E-state index in [2.05, 4.69) is 4.98 Å². The smallest absolute Gasteiger partial charge is 0.338 e. The number of carbonyl (C=O) groups is 1. The molecule has 1 aliphatic carbocycles. The number of anilines is 1. The van der Waals surface area contributed by atoms with Crippen molar-refractivity contribution in [2.24, 2.45) is 0 Å². The molecule has 0 unspecified atom stereocenters. The second-order valence-electron chi connectivity index (χ2n) is 4.05. The molecule has 16 heavy (non-hydrogen) atoms. The first kappa shape index (κ1) is 9.59. The van der Waals surface area contributed by atoms with Gasteiger partial charge in [-0.2, -0.15) is 0 Å². The van der Waals surface area contributed by atoms with Crippen molar-refractivity contribution in [2.75, 3.05) is 5.73 Å². The van der Waals surface area contributed by atoms with Gasteiger partial charge in [0, 0.05) is 11.6 Å². The number of carboxylic acid groups (broad SMARTS) is 1. The predicted molar refractivity (Wildman–Crippen MR) is 63.0 cm³/mol. The molecule has 1 fully saturated rings. The van der Waals surface area contributed by atoms with E-state index in [0.717, 1.165) is 22.5 Å². The summed E-state index contributed by atoms with van der Waals surface area (Å²) in [5.41, 5.74) is 6.95. The van der Waals surface area contributed by atoms with Gasteiger partial charge in [-0.05, 0) is 25.0 Å². The maximum atomic E-state index is 11.1. The molecule has 5 heteroatoms. The van der Waals surface area contributed by atoms with E-state index in [1.807, 2.05) is 0 Å². The van der Waals surface area contributed by atoms with E-state index in [0.29, 0.717) is 17.1 Å². The zero-order valence-electron chi connectivity index (χ0n) is 8.43. The Hall–Kier alpha value is -1.62. The third kappa shape index (κ3) is 1.44. The van der Waals surface area contributed by atoms with E-state index >= 15 is 0 Å². The fraction of sp³-hybridized carbons (Fsp3) is 0.273. The fourth-order valence-electron chi connectivity index (χ4n) is 1.74. The summed E-state index contributed by atoms with van der Waals surface area (Å²) < 4.78 is 0.874. The van der Waals surface area contributed by atoms with Gasteiger partial charge in [-0.3, -0.25) is 0 Å². The number of carboxylic acids is 1. The minimum absolute atomic E-state index is 0.207. The van der Waals surface area contributed by atoms with E-state index in [1.165, 1.54) is 6.07 Å². The van der Waals surface area contributed by atoms with Crippen LogP contribution in [0.1, 0.15) is 34.1 Å². The number of hydrogen-bond acceptors (Lipinski definition) is 4. The maximum Gasteiger partial charge on any atom is 0.338 e.